The fourth-order valence-electron chi connectivity index (χ4n) is 1.82. The van der Waals surface area contributed by atoms with Crippen LogP contribution < -0.4 is 5.32 Å². The van der Waals surface area contributed by atoms with Gasteiger partial charge in [0.2, 0.25) is 0 Å². The molecular formula is C14H20N2O2S2. The highest BCUT2D eigenvalue weighted by Crippen LogP contribution is 2.25. The summed E-state index contributed by atoms with van der Waals surface area (Å²) in [4.78, 5) is 0. The van der Waals surface area contributed by atoms with Gasteiger partial charge < -0.3 is 5.32 Å². The minimum atomic E-state index is -3.45. The third-order valence-electron chi connectivity index (χ3n) is 3.06. The van der Waals surface area contributed by atoms with Gasteiger partial charge in [0.1, 0.15) is 4.21 Å². The largest absolute Gasteiger partial charge is 0.310 e. The fourth-order valence-corrected chi connectivity index (χ4v) is 4.56. The summed E-state index contributed by atoms with van der Waals surface area (Å²) in [5.74, 6) is 0. The molecule has 0 saturated heterocycles. The van der Waals surface area contributed by atoms with Crippen LogP contribution in [0.1, 0.15) is 18.4 Å². The van der Waals surface area contributed by atoms with E-state index in [-0.39, 0.29) is 0 Å². The molecule has 0 aromatic carbocycles. The zero-order valence-corrected chi connectivity index (χ0v) is 13.0. The minimum Gasteiger partial charge on any atom is -0.310 e. The third kappa shape index (κ3) is 3.79. The number of nitrogens with one attached hydrogen (secondary N) is 1. The van der Waals surface area contributed by atoms with Crippen molar-refractivity contribution >= 4 is 21.4 Å². The first-order chi connectivity index (χ1) is 9.57. The van der Waals surface area contributed by atoms with Crippen LogP contribution in [0.2, 0.25) is 0 Å². The van der Waals surface area contributed by atoms with E-state index in [0.717, 1.165) is 12.1 Å². The van der Waals surface area contributed by atoms with Gasteiger partial charge in [0.25, 0.3) is 10.0 Å². The van der Waals surface area contributed by atoms with Crippen molar-refractivity contribution in [2.45, 2.75) is 29.6 Å². The van der Waals surface area contributed by atoms with Gasteiger partial charge in [0, 0.05) is 25.7 Å². The zero-order valence-electron chi connectivity index (χ0n) is 11.4. The highest BCUT2D eigenvalue weighted by molar-refractivity contribution is 7.91. The molecule has 6 heteroatoms. The predicted molar refractivity (Wildman–Crippen MR) is 83.3 cm³/mol. The molecule has 0 unspecified atom stereocenters. The normalized spacial score (nSPS) is 15.4. The number of rotatable bonds is 9. The molecule has 1 fully saturated rings. The van der Waals surface area contributed by atoms with Crippen molar-refractivity contribution < 1.29 is 8.42 Å². The minimum absolute atomic E-state index is 0.294. The van der Waals surface area contributed by atoms with Gasteiger partial charge in [-0.05, 0) is 29.9 Å². The molecule has 0 atom stereocenters. The highest BCUT2D eigenvalue weighted by Gasteiger charge is 2.25. The molecule has 1 aromatic rings. The maximum absolute atomic E-state index is 12.5. The van der Waals surface area contributed by atoms with E-state index in [1.165, 1.54) is 28.5 Å². The molecule has 20 heavy (non-hydrogen) atoms. The number of nitrogens with zero attached hydrogens (tertiary/aromatic N) is 1. The molecule has 4 nitrogen and oxygen atoms in total. The first-order valence-electron chi connectivity index (χ1n) is 6.60. The first-order valence-corrected chi connectivity index (χ1v) is 8.92. The summed E-state index contributed by atoms with van der Waals surface area (Å²) < 4.78 is 26.7. The fraction of sp³-hybridized carbons (Fsp3) is 0.429. The van der Waals surface area contributed by atoms with Crippen LogP contribution in [0.4, 0.5) is 0 Å². The van der Waals surface area contributed by atoms with Crippen molar-refractivity contribution in [3.63, 3.8) is 0 Å². The van der Waals surface area contributed by atoms with Crippen LogP contribution in [-0.4, -0.2) is 31.9 Å². The van der Waals surface area contributed by atoms with Gasteiger partial charge in [-0.15, -0.1) is 24.5 Å². The Balaban J connectivity index is 2.10. The Hall–Kier alpha value is -0.950. The highest BCUT2D eigenvalue weighted by atomic mass is 32.2. The van der Waals surface area contributed by atoms with Gasteiger partial charge >= 0.3 is 0 Å². The first kappa shape index (κ1) is 15.4. The van der Waals surface area contributed by atoms with E-state index in [0.29, 0.717) is 23.3 Å². The molecule has 0 amide bonds. The Morgan fingerprint density at radius 2 is 2.00 bits per heavy atom. The van der Waals surface area contributed by atoms with Gasteiger partial charge in [0.05, 0.1) is 0 Å². The second-order valence-corrected chi connectivity index (χ2v) is 7.90. The summed E-state index contributed by atoms with van der Waals surface area (Å²) in [5.41, 5.74) is 1.03. The molecule has 1 N–H and O–H groups in total. The van der Waals surface area contributed by atoms with Crippen LogP contribution in [0.15, 0.2) is 41.0 Å². The molecule has 1 aromatic heterocycles. The number of thiophene rings is 1. The average molecular weight is 312 g/mol. The maximum Gasteiger partial charge on any atom is 0.253 e. The lowest BCUT2D eigenvalue weighted by molar-refractivity contribution is 0.476. The summed E-state index contributed by atoms with van der Waals surface area (Å²) in [6.07, 6.45) is 5.62. The van der Waals surface area contributed by atoms with Gasteiger partial charge in [-0.25, -0.2) is 8.42 Å². The third-order valence-corrected chi connectivity index (χ3v) is 6.36. The summed E-state index contributed by atoms with van der Waals surface area (Å²) in [6, 6.07) is 2.38. The Kier molecular flexibility index (Phi) is 5.15. The summed E-state index contributed by atoms with van der Waals surface area (Å²) >= 11 is 1.27. The van der Waals surface area contributed by atoms with Crippen molar-refractivity contribution in [2.75, 3.05) is 13.1 Å². The summed E-state index contributed by atoms with van der Waals surface area (Å²) in [6.45, 7) is 8.53. The van der Waals surface area contributed by atoms with Crippen LogP contribution in [0.25, 0.3) is 0 Å². The Bertz CT molecular complexity index is 564. The molecule has 1 heterocycles. The van der Waals surface area contributed by atoms with Crippen molar-refractivity contribution in [3.8, 4) is 0 Å². The smallest absolute Gasteiger partial charge is 0.253 e. The van der Waals surface area contributed by atoms with Gasteiger partial charge in [-0.2, -0.15) is 4.31 Å². The number of hydrogen-bond donors (Lipinski definition) is 1. The summed E-state index contributed by atoms with van der Waals surface area (Å²) in [5, 5.41) is 5.29. The maximum atomic E-state index is 12.5. The number of hydrogen-bond acceptors (Lipinski definition) is 4. The average Bonchev–Trinajstić information content (AvgIpc) is 3.12. The SMILES string of the molecule is C=CCN(CC=C)S(=O)(=O)c1cc(CNC2CC2)cs1. The van der Waals surface area contributed by atoms with Gasteiger partial charge in [0.15, 0.2) is 0 Å². The topological polar surface area (TPSA) is 49.4 Å². The molecule has 0 radical (unpaired) electrons. The zero-order chi connectivity index (χ0) is 14.6. The van der Waals surface area contributed by atoms with Crippen LogP contribution in [0.5, 0.6) is 0 Å². The Labute approximate surface area is 124 Å². The van der Waals surface area contributed by atoms with E-state index in [4.69, 9.17) is 0 Å². The summed E-state index contributed by atoms with van der Waals surface area (Å²) in [7, 11) is -3.45. The lowest BCUT2D eigenvalue weighted by atomic mass is 10.3. The second-order valence-electron chi connectivity index (χ2n) is 4.83. The molecule has 0 aliphatic heterocycles. The van der Waals surface area contributed by atoms with Crippen molar-refractivity contribution in [3.05, 3.63) is 42.3 Å². The quantitative estimate of drug-likeness (QED) is 0.712. The lowest BCUT2D eigenvalue weighted by Gasteiger charge is -2.17. The molecule has 0 bridgehead atoms. The second kappa shape index (κ2) is 6.67. The van der Waals surface area contributed by atoms with Crippen LogP contribution in [0.3, 0.4) is 0 Å². The van der Waals surface area contributed by atoms with E-state index in [1.54, 1.807) is 18.2 Å². The van der Waals surface area contributed by atoms with Gasteiger partial charge in [-0.3, -0.25) is 0 Å². The molecular weight excluding hydrogens is 292 g/mol. The van der Waals surface area contributed by atoms with Crippen molar-refractivity contribution in [1.82, 2.24) is 9.62 Å². The van der Waals surface area contributed by atoms with E-state index < -0.39 is 10.0 Å². The van der Waals surface area contributed by atoms with Gasteiger partial charge in [-0.1, -0.05) is 12.2 Å². The molecule has 2 rings (SSSR count). The molecule has 1 saturated carbocycles. The van der Waals surface area contributed by atoms with Crippen LogP contribution >= 0.6 is 11.3 Å². The lowest BCUT2D eigenvalue weighted by Crippen LogP contribution is -2.30. The van der Waals surface area contributed by atoms with E-state index in [9.17, 15) is 8.42 Å². The monoisotopic (exact) mass is 312 g/mol. The molecule has 1 aliphatic carbocycles. The Morgan fingerprint density at radius 1 is 1.35 bits per heavy atom. The molecule has 0 spiro atoms. The van der Waals surface area contributed by atoms with Crippen LogP contribution in [-0.2, 0) is 16.6 Å². The van der Waals surface area contributed by atoms with E-state index >= 15 is 0 Å². The van der Waals surface area contributed by atoms with Crippen molar-refractivity contribution in [1.29, 1.82) is 0 Å². The van der Waals surface area contributed by atoms with E-state index in [1.807, 2.05) is 5.38 Å². The standard InChI is InChI=1S/C14H20N2O2S2/c1-3-7-16(8-4-2)20(17,18)14-9-12(11-19-14)10-15-13-5-6-13/h3-4,9,11,13,15H,1-2,5-8,10H2. The number of sulfonamides is 1. The van der Waals surface area contributed by atoms with Crippen LogP contribution in [0, 0.1) is 0 Å². The Morgan fingerprint density at radius 3 is 2.55 bits per heavy atom. The van der Waals surface area contributed by atoms with E-state index in [2.05, 4.69) is 18.5 Å². The predicted octanol–water partition coefficient (Wildman–Crippen LogP) is 2.36. The van der Waals surface area contributed by atoms with Crippen molar-refractivity contribution in [2.24, 2.45) is 0 Å². The molecule has 110 valence electrons. The molecule has 1 aliphatic rings.